The first-order valence-corrected chi connectivity index (χ1v) is 5.31. The largest absolute Gasteiger partial charge is 0.497 e. The Bertz CT molecular complexity index is 533. The minimum absolute atomic E-state index is 0.646. The highest BCUT2D eigenvalue weighted by Crippen LogP contribution is 2.27. The third kappa shape index (κ3) is 2.33. The van der Waals surface area contributed by atoms with Crippen LogP contribution in [0.3, 0.4) is 0 Å². The summed E-state index contributed by atoms with van der Waals surface area (Å²) in [6, 6.07) is 5.54. The van der Waals surface area contributed by atoms with Crippen LogP contribution in [0.1, 0.15) is 5.69 Å². The molecule has 1 aromatic heterocycles. The van der Waals surface area contributed by atoms with E-state index in [0.717, 1.165) is 22.8 Å². The summed E-state index contributed by atoms with van der Waals surface area (Å²) in [6.07, 6.45) is 1.92. The molecule has 0 aliphatic rings. The van der Waals surface area contributed by atoms with Crippen molar-refractivity contribution in [3.8, 4) is 5.75 Å². The topological polar surface area (TPSA) is 65.1 Å². The molecule has 0 amide bonds. The first-order chi connectivity index (χ1) is 8.10. The Morgan fingerprint density at radius 2 is 2.12 bits per heavy atom. The number of nitrogens with zero attached hydrogens (tertiary/aromatic N) is 2. The van der Waals surface area contributed by atoms with Gasteiger partial charge < -0.3 is 15.8 Å². The average molecular weight is 232 g/mol. The molecule has 0 aliphatic heterocycles. The third-order valence-corrected chi connectivity index (χ3v) is 2.54. The van der Waals surface area contributed by atoms with Crippen LogP contribution in [0, 0.1) is 6.92 Å². The van der Waals surface area contributed by atoms with E-state index in [9.17, 15) is 0 Å². The van der Waals surface area contributed by atoms with Crippen molar-refractivity contribution in [2.45, 2.75) is 6.92 Å². The van der Waals surface area contributed by atoms with Crippen LogP contribution in [0.5, 0.6) is 5.75 Å². The molecule has 0 atom stereocenters. The molecule has 0 saturated heterocycles. The van der Waals surface area contributed by atoms with E-state index in [4.69, 9.17) is 10.5 Å². The lowest BCUT2D eigenvalue weighted by Gasteiger charge is -2.09. The quantitative estimate of drug-likeness (QED) is 0.795. The molecule has 17 heavy (non-hydrogen) atoms. The molecule has 0 spiro atoms. The lowest BCUT2D eigenvalue weighted by molar-refractivity contribution is 0.415. The molecule has 0 radical (unpaired) electrons. The molecule has 0 unspecified atom stereocenters. The number of nitrogens with one attached hydrogen (secondary N) is 1. The van der Waals surface area contributed by atoms with Gasteiger partial charge in [-0.05, 0) is 19.1 Å². The Morgan fingerprint density at radius 3 is 2.65 bits per heavy atom. The van der Waals surface area contributed by atoms with Gasteiger partial charge in [0.2, 0.25) is 0 Å². The predicted octanol–water partition coefficient (Wildman–Crippen LogP) is 2.06. The molecule has 3 N–H and O–H groups in total. The Morgan fingerprint density at radius 1 is 1.35 bits per heavy atom. The molecule has 0 saturated carbocycles. The van der Waals surface area contributed by atoms with Crippen LogP contribution in [-0.2, 0) is 7.05 Å². The van der Waals surface area contributed by atoms with Gasteiger partial charge in [-0.2, -0.15) is 5.10 Å². The molecule has 1 heterocycles. The van der Waals surface area contributed by atoms with Crippen molar-refractivity contribution in [2.24, 2.45) is 7.05 Å². The van der Waals surface area contributed by atoms with E-state index >= 15 is 0 Å². The van der Waals surface area contributed by atoms with Gasteiger partial charge in [-0.1, -0.05) is 0 Å². The van der Waals surface area contributed by atoms with Crippen molar-refractivity contribution in [2.75, 3.05) is 18.2 Å². The average Bonchev–Trinajstić information content (AvgIpc) is 2.60. The zero-order valence-electron chi connectivity index (χ0n) is 10.2. The molecule has 0 aliphatic carbocycles. The highest BCUT2D eigenvalue weighted by molar-refractivity contribution is 5.74. The van der Waals surface area contributed by atoms with Gasteiger partial charge in [0.25, 0.3) is 0 Å². The summed E-state index contributed by atoms with van der Waals surface area (Å²) >= 11 is 0. The van der Waals surface area contributed by atoms with Crippen molar-refractivity contribution < 1.29 is 4.74 Å². The summed E-state index contributed by atoms with van der Waals surface area (Å²) in [7, 11) is 3.50. The fraction of sp³-hybridized carbons (Fsp3) is 0.250. The van der Waals surface area contributed by atoms with Crippen LogP contribution in [0.2, 0.25) is 0 Å². The van der Waals surface area contributed by atoms with Crippen molar-refractivity contribution in [3.63, 3.8) is 0 Å². The number of hydrogen-bond donors (Lipinski definition) is 2. The van der Waals surface area contributed by atoms with E-state index in [0.29, 0.717) is 5.69 Å². The molecule has 5 nitrogen and oxygen atoms in total. The van der Waals surface area contributed by atoms with Crippen LogP contribution in [-0.4, -0.2) is 16.9 Å². The number of methoxy groups -OCH3 is 1. The minimum Gasteiger partial charge on any atom is -0.497 e. The van der Waals surface area contributed by atoms with Crippen LogP contribution >= 0.6 is 0 Å². The highest BCUT2D eigenvalue weighted by atomic mass is 16.5. The third-order valence-electron chi connectivity index (χ3n) is 2.54. The van der Waals surface area contributed by atoms with Crippen molar-refractivity contribution in [1.29, 1.82) is 0 Å². The predicted molar refractivity (Wildman–Crippen MR) is 68.6 cm³/mol. The lowest BCUT2D eigenvalue weighted by Crippen LogP contribution is -1.97. The van der Waals surface area contributed by atoms with Crippen LogP contribution in [0.15, 0.2) is 24.4 Å². The Balaban J connectivity index is 2.27. The second-order valence-corrected chi connectivity index (χ2v) is 3.88. The Labute approximate surface area is 100 Å². The van der Waals surface area contributed by atoms with Crippen molar-refractivity contribution in [3.05, 3.63) is 30.1 Å². The van der Waals surface area contributed by atoms with Gasteiger partial charge >= 0.3 is 0 Å². The van der Waals surface area contributed by atoms with E-state index in [1.54, 1.807) is 17.9 Å². The van der Waals surface area contributed by atoms with E-state index in [2.05, 4.69) is 10.4 Å². The fourth-order valence-electron chi connectivity index (χ4n) is 1.65. The van der Waals surface area contributed by atoms with Crippen molar-refractivity contribution >= 4 is 17.1 Å². The van der Waals surface area contributed by atoms with E-state index in [1.807, 2.05) is 32.3 Å². The standard InChI is InChI=1S/C12H16N4O/c1-8-12(7-16(2)15-8)14-11-5-4-9(17-3)6-10(11)13/h4-7,14H,13H2,1-3H3. The number of ether oxygens (including phenoxy) is 1. The zero-order chi connectivity index (χ0) is 12.4. The summed E-state index contributed by atoms with van der Waals surface area (Å²) in [5, 5.41) is 7.51. The molecule has 2 aromatic rings. The molecular formula is C12H16N4O. The number of rotatable bonds is 3. The summed E-state index contributed by atoms with van der Waals surface area (Å²) in [4.78, 5) is 0. The molecule has 5 heteroatoms. The van der Waals surface area contributed by atoms with Gasteiger partial charge in [0.05, 0.1) is 29.9 Å². The van der Waals surface area contributed by atoms with Gasteiger partial charge in [0.1, 0.15) is 5.75 Å². The number of aryl methyl sites for hydroxylation is 2. The number of nitrogen functional groups attached to an aromatic ring is 1. The SMILES string of the molecule is COc1ccc(Nc2cn(C)nc2C)c(N)c1. The Kier molecular flexibility index (Phi) is 2.91. The van der Waals surface area contributed by atoms with Gasteiger partial charge in [-0.3, -0.25) is 4.68 Å². The van der Waals surface area contributed by atoms with E-state index < -0.39 is 0 Å². The van der Waals surface area contributed by atoms with Gasteiger partial charge in [0, 0.05) is 19.3 Å². The maximum Gasteiger partial charge on any atom is 0.121 e. The fourth-order valence-corrected chi connectivity index (χ4v) is 1.65. The first-order valence-electron chi connectivity index (χ1n) is 5.31. The van der Waals surface area contributed by atoms with Crippen LogP contribution in [0.4, 0.5) is 17.1 Å². The van der Waals surface area contributed by atoms with Crippen LogP contribution in [0.25, 0.3) is 0 Å². The maximum absolute atomic E-state index is 5.93. The molecule has 1 aromatic carbocycles. The highest BCUT2D eigenvalue weighted by Gasteiger charge is 2.06. The van der Waals surface area contributed by atoms with Gasteiger partial charge in [-0.15, -0.1) is 0 Å². The normalized spacial score (nSPS) is 10.3. The van der Waals surface area contributed by atoms with E-state index in [-0.39, 0.29) is 0 Å². The summed E-state index contributed by atoms with van der Waals surface area (Å²) in [5.74, 6) is 0.746. The molecule has 0 fully saturated rings. The monoisotopic (exact) mass is 232 g/mol. The number of benzene rings is 1. The van der Waals surface area contributed by atoms with E-state index in [1.165, 1.54) is 0 Å². The summed E-state index contributed by atoms with van der Waals surface area (Å²) in [5.41, 5.74) is 9.31. The second-order valence-electron chi connectivity index (χ2n) is 3.88. The second kappa shape index (κ2) is 4.37. The Hall–Kier alpha value is -2.17. The number of aromatic nitrogens is 2. The molecule has 2 rings (SSSR count). The summed E-state index contributed by atoms with van der Waals surface area (Å²) < 4.78 is 6.87. The maximum atomic E-state index is 5.93. The van der Waals surface area contributed by atoms with Gasteiger partial charge in [0.15, 0.2) is 0 Å². The molecule has 0 bridgehead atoms. The number of nitrogens with two attached hydrogens (primary N) is 1. The number of anilines is 3. The minimum atomic E-state index is 0.646. The van der Waals surface area contributed by atoms with Crippen molar-refractivity contribution in [1.82, 2.24) is 9.78 Å². The van der Waals surface area contributed by atoms with Crippen LogP contribution < -0.4 is 15.8 Å². The lowest BCUT2D eigenvalue weighted by atomic mass is 10.2. The molecular weight excluding hydrogens is 216 g/mol. The first kappa shape index (κ1) is 11.3. The molecule has 90 valence electrons. The number of hydrogen-bond acceptors (Lipinski definition) is 4. The summed E-state index contributed by atoms with van der Waals surface area (Å²) in [6.45, 7) is 1.95. The zero-order valence-corrected chi connectivity index (χ0v) is 10.2. The smallest absolute Gasteiger partial charge is 0.121 e. The van der Waals surface area contributed by atoms with Gasteiger partial charge in [-0.25, -0.2) is 0 Å².